The highest BCUT2D eigenvalue weighted by Gasteiger charge is 2.17. The van der Waals surface area contributed by atoms with E-state index in [1.807, 2.05) is 12.1 Å². The van der Waals surface area contributed by atoms with E-state index in [1.165, 1.54) is 12.8 Å². The summed E-state index contributed by atoms with van der Waals surface area (Å²) in [6.45, 7) is 3.59. The van der Waals surface area contributed by atoms with Gasteiger partial charge < -0.3 is 20.1 Å². The van der Waals surface area contributed by atoms with Crippen molar-refractivity contribution in [3.63, 3.8) is 0 Å². The van der Waals surface area contributed by atoms with E-state index in [9.17, 15) is 0 Å². The standard InChI is InChI=1S/C16H24N4O2.HI/c17-16(20-7-9-21-10-8-20)19-12-13-5-6-18-15(11-13)22-14-3-1-2-4-14;/h5-6,11,14H,1-4,7-10,12H2,(H2,17,19);1H. The molecule has 1 aromatic rings. The Morgan fingerprint density at radius 3 is 2.83 bits per heavy atom. The summed E-state index contributed by atoms with van der Waals surface area (Å²) < 4.78 is 11.2. The number of ether oxygens (including phenoxy) is 2. The first kappa shape index (κ1) is 18.3. The summed E-state index contributed by atoms with van der Waals surface area (Å²) in [5, 5.41) is 0. The van der Waals surface area contributed by atoms with Crippen LogP contribution in [0.15, 0.2) is 23.3 Å². The predicted octanol–water partition coefficient (Wildman–Crippen LogP) is 2.17. The Kier molecular flexibility index (Phi) is 7.35. The van der Waals surface area contributed by atoms with E-state index in [4.69, 9.17) is 15.2 Å². The van der Waals surface area contributed by atoms with Crippen LogP contribution < -0.4 is 10.5 Å². The first-order valence-electron chi connectivity index (χ1n) is 8.05. The number of aromatic nitrogens is 1. The lowest BCUT2D eigenvalue weighted by Gasteiger charge is -2.27. The second-order valence-electron chi connectivity index (χ2n) is 5.80. The quantitative estimate of drug-likeness (QED) is 0.449. The molecule has 2 aliphatic rings. The van der Waals surface area contributed by atoms with Crippen LogP contribution in [0.5, 0.6) is 5.88 Å². The zero-order valence-corrected chi connectivity index (χ0v) is 15.6. The number of nitrogens with two attached hydrogens (primary N) is 1. The molecule has 1 aliphatic heterocycles. The Bertz CT molecular complexity index is 515. The smallest absolute Gasteiger partial charge is 0.213 e. The Hall–Kier alpha value is -1.09. The molecule has 3 rings (SSSR count). The van der Waals surface area contributed by atoms with E-state index >= 15 is 0 Å². The lowest BCUT2D eigenvalue weighted by molar-refractivity contribution is 0.0674. The number of nitrogens with zero attached hydrogens (tertiary/aromatic N) is 3. The summed E-state index contributed by atoms with van der Waals surface area (Å²) in [7, 11) is 0. The van der Waals surface area contributed by atoms with Gasteiger partial charge in [0, 0.05) is 25.4 Å². The maximum Gasteiger partial charge on any atom is 0.213 e. The number of rotatable bonds is 4. The molecule has 1 saturated carbocycles. The second-order valence-corrected chi connectivity index (χ2v) is 5.80. The molecule has 1 aromatic heterocycles. The minimum absolute atomic E-state index is 0. The van der Waals surface area contributed by atoms with Crippen LogP contribution in [0, 0.1) is 0 Å². The molecule has 2 fully saturated rings. The number of halogens is 1. The van der Waals surface area contributed by atoms with Crippen molar-refractivity contribution in [2.45, 2.75) is 38.3 Å². The zero-order valence-electron chi connectivity index (χ0n) is 13.3. The second kappa shape index (κ2) is 9.27. The molecule has 1 aliphatic carbocycles. The van der Waals surface area contributed by atoms with Gasteiger partial charge in [0.05, 0.1) is 19.8 Å². The van der Waals surface area contributed by atoms with Gasteiger partial charge in [0.15, 0.2) is 5.96 Å². The van der Waals surface area contributed by atoms with Gasteiger partial charge in [-0.1, -0.05) is 0 Å². The van der Waals surface area contributed by atoms with Crippen LogP contribution in [0.1, 0.15) is 31.2 Å². The molecule has 0 amide bonds. The molecule has 128 valence electrons. The van der Waals surface area contributed by atoms with Gasteiger partial charge in [0.2, 0.25) is 5.88 Å². The van der Waals surface area contributed by atoms with Crippen molar-refractivity contribution in [3.8, 4) is 5.88 Å². The molecule has 2 heterocycles. The van der Waals surface area contributed by atoms with Gasteiger partial charge in [0.1, 0.15) is 6.10 Å². The first-order valence-corrected chi connectivity index (χ1v) is 8.05. The molecule has 0 bridgehead atoms. The van der Waals surface area contributed by atoms with Crippen molar-refractivity contribution in [2.24, 2.45) is 10.7 Å². The van der Waals surface area contributed by atoms with Crippen LogP contribution in [0.4, 0.5) is 0 Å². The molecule has 7 heteroatoms. The van der Waals surface area contributed by atoms with Gasteiger partial charge >= 0.3 is 0 Å². The highest BCUT2D eigenvalue weighted by molar-refractivity contribution is 14.0. The van der Waals surface area contributed by atoms with Crippen LogP contribution in [-0.4, -0.2) is 48.3 Å². The molecule has 0 radical (unpaired) electrons. The number of hydrogen-bond donors (Lipinski definition) is 1. The Morgan fingerprint density at radius 2 is 2.09 bits per heavy atom. The van der Waals surface area contributed by atoms with Crippen molar-refractivity contribution in [2.75, 3.05) is 26.3 Å². The summed E-state index contributed by atoms with van der Waals surface area (Å²) in [6, 6.07) is 3.92. The van der Waals surface area contributed by atoms with Crippen molar-refractivity contribution >= 4 is 29.9 Å². The fourth-order valence-electron chi connectivity index (χ4n) is 2.85. The molecule has 0 spiro atoms. The molecule has 6 nitrogen and oxygen atoms in total. The minimum atomic E-state index is 0. The van der Waals surface area contributed by atoms with E-state index in [-0.39, 0.29) is 24.0 Å². The number of hydrogen-bond acceptors (Lipinski definition) is 4. The third-order valence-corrected chi connectivity index (χ3v) is 4.15. The van der Waals surface area contributed by atoms with Gasteiger partial charge in [-0.3, -0.25) is 0 Å². The molecule has 0 unspecified atom stereocenters. The average Bonchev–Trinajstić information content (AvgIpc) is 3.07. The molecule has 1 saturated heterocycles. The van der Waals surface area contributed by atoms with Crippen molar-refractivity contribution in [1.29, 1.82) is 0 Å². The number of morpholine rings is 1. The Labute approximate surface area is 154 Å². The summed E-state index contributed by atoms with van der Waals surface area (Å²) in [6.07, 6.45) is 6.88. The molecular weight excluding hydrogens is 407 g/mol. The molecule has 0 atom stereocenters. The van der Waals surface area contributed by atoms with Crippen LogP contribution >= 0.6 is 24.0 Å². The van der Waals surface area contributed by atoms with Gasteiger partial charge in [-0.15, -0.1) is 24.0 Å². The lowest BCUT2D eigenvalue weighted by atomic mass is 10.2. The van der Waals surface area contributed by atoms with E-state index in [1.54, 1.807) is 6.20 Å². The highest BCUT2D eigenvalue weighted by Crippen LogP contribution is 2.23. The largest absolute Gasteiger partial charge is 0.474 e. The average molecular weight is 432 g/mol. The predicted molar refractivity (Wildman–Crippen MR) is 100 cm³/mol. The first-order chi connectivity index (χ1) is 10.8. The maximum atomic E-state index is 6.04. The SMILES string of the molecule is I.NC(=NCc1ccnc(OC2CCCC2)c1)N1CCOCC1. The van der Waals surface area contributed by atoms with Crippen LogP contribution in [0.25, 0.3) is 0 Å². The van der Waals surface area contributed by atoms with Gasteiger partial charge in [0.25, 0.3) is 0 Å². The summed E-state index contributed by atoms with van der Waals surface area (Å²) in [5.41, 5.74) is 7.11. The van der Waals surface area contributed by atoms with Crippen molar-refractivity contribution in [1.82, 2.24) is 9.88 Å². The molecule has 2 N–H and O–H groups in total. The summed E-state index contributed by atoms with van der Waals surface area (Å²) >= 11 is 0. The number of guanidine groups is 1. The van der Waals surface area contributed by atoms with E-state index < -0.39 is 0 Å². The lowest BCUT2D eigenvalue weighted by Crippen LogP contribution is -2.44. The Balaban J connectivity index is 0.00000192. The third kappa shape index (κ3) is 5.49. The van der Waals surface area contributed by atoms with E-state index in [2.05, 4.69) is 14.9 Å². The van der Waals surface area contributed by atoms with Gasteiger partial charge in [-0.05, 0) is 37.3 Å². The zero-order chi connectivity index (χ0) is 15.2. The van der Waals surface area contributed by atoms with Crippen LogP contribution in [-0.2, 0) is 11.3 Å². The van der Waals surface area contributed by atoms with Crippen LogP contribution in [0.2, 0.25) is 0 Å². The topological polar surface area (TPSA) is 73.0 Å². The van der Waals surface area contributed by atoms with E-state index in [0.717, 1.165) is 31.5 Å². The highest BCUT2D eigenvalue weighted by atomic mass is 127. The monoisotopic (exact) mass is 432 g/mol. The fraction of sp³-hybridized carbons (Fsp3) is 0.625. The third-order valence-electron chi connectivity index (χ3n) is 4.15. The molecule has 23 heavy (non-hydrogen) atoms. The van der Waals surface area contributed by atoms with Gasteiger partial charge in [-0.25, -0.2) is 9.98 Å². The summed E-state index contributed by atoms with van der Waals surface area (Å²) in [5.74, 6) is 1.28. The van der Waals surface area contributed by atoms with E-state index in [0.29, 0.717) is 37.7 Å². The maximum absolute atomic E-state index is 6.04. The Morgan fingerprint density at radius 1 is 1.35 bits per heavy atom. The van der Waals surface area contributed by atoms with Crippen LogP contribution in [0.3, 0.4) is 0 Å². The number of pyridine rings is 1. The number of aliphatic imine (C=N–C) groups is 1. The molecular formula is C16H25IN4O2. The fourth-order valence-corrected chi connectivity index (χ4v) is 2.85. The van der Waals surface area contributed by atoms with Crippen molar-refractivity contribution in [3.05, 3.63) is 23.9 Å². The molecule has 0 aromatic carbocycles. The normalized spacial score (nSPS) is 19.5. The van der Waals surface area contributed by atoms with Crippen molar-refractivity contribution < 1.29 is 9.47 Å². The van der Waals surface area contributed by atoms with Gasteiger partial charge in [-0.2, -0.15) is 0 Å². The summed E-state index contributed by atoms with van der Waals surface area (Å²) in [4.78, 5) is 10.8. The minimum Gasteiger partial charge on any atom is -0.474 e.